The van der Waals surface area contributed by atoms with Gasteiger partial charge in [-0.1, -0.05) is 19.6 Å². The highest BCUT2D eigenvalue weighted by molar-refractivity contribution is 7.90. The molecule has 0 spiro atoms. The molecule has 5 rings (SSSR count). The van der Waals surface area contributed by atoms with Crippen LogP contribution in [0.4, 0.5) is 20.3 Å². The number of halogens is 2. The fraction of sp³-hybridized carbons (Fsp3) is 0.276. The van der Waals surface area contributed by atoms with E-state index in [4.69, 9.17) is 5.73 Å². The molecule has 0 radical (unpaired) electrons. The van der Waals surface area contributed by atoms with Crippen molar-refractivity contribution >= 4 is 38.3 Å². The number of rotatable bonds is 6. The number of anilines is 2. The quantitative estimate of drug-likeness (QED) is 0.258. The normalized spacial score (nSPS) is 15.6. The first-order valence-electron chi connectivity index (χ1n) is 13.4. The van der Waals surface area contributed by atoms with E-state index in [9.17, 15) is 18.0 Å². The number of hydrogen-bond acceptors (Lipinski definition) is 9. The number of piperazine rings is 1. The molecule has 1 amide bonds. The smallest absolute Gasteiger partial charge is 0.355 e. The predicted molar refractivity (Wildman–Crippen MR) is 159 cm³/mol. The molecule has 1 aliphatic heterocycles. The molecule has 1 fully saturated rings. The van der Waals surface area contributed by atoms with Crippen LogP contribution < -0.4 is 16.3 Å². The van der Waals surface area contributed by atoms with Crippen molar-refractivity contribution in [2.75, 3.05) is 36.5 Å². The van der Waals surface area contributed by atoms with Gasteiger partial charge in [0.1, 0.15) is 17.3 Å². The van der Waals surface area contributed by atoms with Gasteiger partial charge in [0.05, 0.1) is 16.6 Å². The Hall–Kier alpha value is -4.72. The first-order chi connectivity index (χ1) is 20.4. The molecule has 1 aliphatic rings. The number of sulfone groups is 1. The van der Waals surface area contributed by atoms with Crippen LogP contribution in [0, 0.1) is 11.6 Å². The molecule has 1 atom stereocenters. The number of nitrogens with zero attached hydrogens (tertiary/aromatic N) is 6. The van der Waals surface area contributed by atoms with Crippen molar-refractivity contribution in [2.45, 2.75) is 31.3 Å². The first-order valence-corrected chi connectivity index (χ1v) is 15.3. The molecule has 43 heavy (non-hydrogen) atoms. The number of benzene rings is 1. The Labute approximate surface area is 246 Å². The second-order valence-corrected chi connectivity index (χ2v) is 12.2. The van der Waals surface area contributed by atoms with Crippen LogP contribution in [0.2, 0.25) is 0 Å². The Morgan fingerprint density at radius 2 is 1.93 bits per heavy atom. The minimum atomic E-state index is -3.98. The maximum absolute atomic E-state index is 15.9. The summed E-state index contributed by atoms with van der Waals surface area (Å²) >= 11 is 0. The number of fused-ring (bicyclic) bond motifs is 1. The lowest BCUT2D eigenvalue weighted by atomic mass is 10.1. The van der Waals surface area contributed by atoms with E-state index in [1.165, 1.54) is 24.4 Å². The summed E-state index contributed by atoms with van der Waals surface area (Å²) in [6.45, 7) is 7.92. The van der Waals surface area contributed by atoms with E-state index in [1.54, 1.807) is 22.8 Å². The molecule has 0 unspecified atom stereocenters. The monoisotopic (exact) mass is 609 g/mol. The van der Waals surface area contributed by atoms with E-state index in [0.717, 1.165) is 23.0 Å². The largest absolute Gasteiger partial charge is 0.398 e. The third-order valence-corrected chi connectivity index (χ3v) is 8.40. The Morgan fingerprint density at radius 1 is 1.19 bits per heavy atom. The van der Waals surface area contributed by atoms with Gasteiger partial charge in [-0.05, 0) is 49.2 Å². The van der Waals surface area contributed by atoms with Crippen LogP contribution in [0.15, 0.2) is 59.0 Å². The van der Waals surface area contributed by atoms with Gasteiger partial charge < -0.3 is 15.5 Å². The molecule has 14 heteroatoms. The van der Waals surface area contributed by atoms with E-state index in [2.05, 4.69) is 21.5 Å². The second kappa shape index (κ2) is 11.2. The summed E-state index contributed by atoms with van der Waals surface area (Å²) in [7, 11) is -3.98. The van der Waals surface area contributed by atoms with Crippen molar-refractivity contribution in [1.29, 1.82) is 0 Å². The van der Waals surface area contributed by atoms with Crippen LogP contribution in [0.5, 0.6) is 0 Å². The third-order valence-electron chi connectivity index (χ3n) is 7.40. The molecule has 0 saturated carbocycles. The van der Waals surface area contributed by atoms with Crippen LogP contribution >= 0.6 is 0 Å². The minimum Gasteiger partial charge on any atom is -0.398 e. The third kappa shape index (κ3) is 5.22. The lowest BCUT2D eigenvalue weighted by Gasteiger charge is -2.40. The summed E-state index contributed by atoms with van der Waals surface area (Å²) in [5, 5.41) is -0.329. The molecule has 0 bridgehead atoms. The Morgan fingerprint density at radius 3 is 2.56 bits per heavy atom. The number of nitrogens with two attached hydrogens (primary N) is 1. The van der Waals surface area contributed by atoms with Crippen LogP contribution in [0.25, 0.3) is 28.0 Å². The number of pyridine rings is 2. The summed E-state index contributed by atoms with van der Waals surface area (Å²) in [5.41, 5.74) is 4.45. The zero-order chi connectivity index (χ0) is 31.2. The van der Waals surface area contributed by atoms with Crippen LogP contribution in [-0.2, 0) is 21.1 Å². The molecule has 1 saturated heterocycles. The zero-order valence-corrected chi connectivity index (χ0v) is 24.5. The van der Waals surface area contributed by atoms with Gasteiger partial charge in [-0.3, -0.25) is 4.79 Å². The van der Waals surface area contributed by atoms with Crippen LogP contribution in [0.3, 0.4) is 0 Å². The summed E-state index contributed by atoms with van der Waals surface area (Å²) in [4.78, 5) is 42.3. The summed E-state index contributed by atoms with van der Waals surface area (Å²) in [5.74, 6) is -1.94. The van der Waals surface area contributed by atoms with Gasteiger partial charge >= 0.3 is 5.69 Å². The fourth-order valence-corrected chi connectivity index (χ4v) is 6.19. The number of carbonyl (C=O) groups is 1. The molecule has 11 nitrogen and oxygen atoms in total. The van der Waals surface area contributed by atoms with Crippen molar-refractivity contribution in [3.05, 3.63) is 76.9 Å². The van der Waals surface area contributed by atoms with Gasteiger partial charge in [-0.25, -0.2) is 36.5 Å². The average Bonchev–Trinajstić information content (AvgIpc) is 2.96. The average molecular weight is 610 g/mol. The molecule has 4 heterocycles. The number of aryl methyl sites for hydroxylation is 1. The van der Waals surface area contributed by atoms with Gasteiger partial charge in [0.25, 0.3) is 0 Å². The van der Waals surface area contributed by atoms with Crippen LogP contribution in [0.1, 0.15) is 19.4 Å². The molecule has 2 N–H and O–H groups in total. The fourth-order valence-electron chi connectivity index (χ4n) is 5.36. The van der Waals surface area contributed by atoms with Crippen molar-refractivity contribution in [1.82, 2.24) is 24.4 Å². The summed E-state index contributed by atoms with van der Waals surface area (Å²) in [6, 6.07) is 6.14. The molecule has 224 valence electrons. The Kier molecular flexibility index (Phi) is 7.73. The van der Waals surface area contributed by atoms with Gasteiger partial charge in [0, 0.05) is 43.8 Å². The number of carbonyl (C=O) groups excluding carboxylic acids is 1. The highest BCUT2D eigenvalue weighted by atomic mass is 32.2. The van der Waals surface area contributed by atoms with E-state index in [1.807, 2.05) is 6.92 Å². The molecule has 4 aromatic rings. The highest BCUT2D eigenvalue weighted by Gasteiger charge is 2.31. The van der Waals surface area contributed by atoms with Gasteiger partial charge in [0.2, 0.25) is 5.91 Å². The maximum atomic E-state index is 15.9. The summed E-state index contributed by atoms with van der Waals surface area (Å²) in [6.07, 6.45) is 3.79. The number of amides is 1. The standard InChI is InChI=1S/C29H29F2N7O4S/c1-5-17-10-11-33-28(43(4,41)42)25(17)38-27-18(14-20(31)24(34-27)23-19(30)8-7-9-21(23)32)26(35-29(38)40)37-13-12-36(15-16(37)3)22(39)6-2/h6-11,14,16H,2,5,12-13,15,32H2,1,3-4H3/t16-/m0/s1. The van der Waals surface area contributed by atoms with Gasteiger partial charge in [-0.15, -0.1) is 0 Å². The van der Waals surface area contributed by atoms with Gasteiger partial charge in [-0.2, -0.15) is 4.98 Å². The van der Waals surface area contributed by atoms with E-state index >= 15 is 8.78 Å². The van der Waals surface area contributed by atoms with Crippen molar-refractivity contribution in [3.8, 4) is 16.9 Å². The number of aromatic nitrogens is 4. The van der Waals surface area contributed by atoms with Crippen molar-refractivity contribution in [3.63, 3.8) is 0 Å². The van der Waals surface area contributed by atoms with Crippen molar-refractivity contribution < 1.29 is 22.0 Å². The zero-order valence-electron chi connectivity index (χ0n) is 23.7. The topological polar surface area (TPSA) is 144 Å². The Bertz CT molecular complexity index is 1940. The van der Waals surface area contributed by atoms with Crippen LogP contribution in [-0.4, -0.2) is 70.7 Å². The minimum absolute atomic E-state index is 0.0662. The van der Waals surface area contributed by atoms with E-state index in [0.29, 0.717) is 12.0 Å². The highest BCUT2D eigenvalue weighted by Crippen LogP contribution is 2.35. The van der Waals surface area contributed by atoms with E-state index < -0.39 is 37.9 Å². The molecular formula is C29H29F2N7O4S. The maximum Gasteiger partial charge on any atom is 0.355 e. The summed E-state index contributed by atoms with van der Waals surface area (Å²) < 4.78 is 57.6. The molecule has 3 aromatic heterocycles. The Balaban J connectivity index is 1.88. The number of nitrogen functional groups attached to an aromatic ring is 1. The SMILES string of the molecule is C=CC(=O)N1CCN(c2nc(=O)n(-c3c(CC)ccnc3S(C)(=O)=O)c3nc(-c4c(N)cccc4F)c(F)cc23)[C@@H](C)C1. The lowest BCUT2D eigenvalue weighted by Crippen LogP contribution is -2.54. The lowest BCUT2D eigenvalue weighted by molar-refractivity contribution is -0.126. The second-order valence-electron chi connectivity index (χ2n) is 10.2. The van der Waals surface area contributed by atoms with Crippen molar-refractivity contribution in [2.24, 2.45) is 0 Å². The van der Waals surface area contributed by atoms with Gasteiger partial charge in [0.15, 0.2) is 26.3 Å². The number of hydrogen-bond donors (Lipinski definition) is 1. The molecule has 0 aliphatic carbocycles. The first kappa shape index (κ1) is 29.8. The van der Waals surface area contributed by atoms with E-state index in [-0.39, 0.29) is 65.4 Å². The predicted octanol–water partition coefficient (Wildman–Crippen LogP) is 2.89. The molecular weight excluding hydrogens is 580 g/mol. The molecule has 1 aromatic carbocycles.